The maximum Gasteiger partial charge on any atom is 0.0876 e. The Morgan fingerprint density at radius 2 is 2.17 bits per heavy atom. The van der Waals surface area contributed by atoms with Crippen molar-refractivity contribution in [3.8, 4) is 0 Å². The molecule has 2 unspecified atom stereocenters. The SMILES string of the molecule is CCCCCC1OC1C/C=C\I. The van der Waals surface area contributed by atoms with Crippen molar-refractivity contribution >= 4 is 22.6 Å². The number of rotatable bonds is 6. The van der Waals surface area contributed by atoms with Crippen molar-refractivity contribution < 1.29 is 4.74 Å². The number of unbranched alkanes of at least 4 members (excludes halogenated alkanes) is 2. The van der Waals surface area contributed by atoms with Crippen molar-refractivity contribution in [1.82, 2.24) is 0 Å². The van der Waals surface area contributed by atoms with Crippen LogP contribution >= 0.6 is 22.6 Å². The van der Waals surface area contributed by atoms with E-state index < -0.39 is 0 Å². The first-order valence-corrected chi connectivity index (χ1v) is 6.03. The van der Waals surface area contributed by atoms with Gasteiger partial charge < -0.3 is 4.74 Å². The van der Waals surface area contributed by atoms with Crippen LogP contribution in [0.1, 0.15) is 39.0 Å². The van der Waals surface area contributed by atoms with E-state index in [0.717, 1.165) is 6.42 Å². The lowest BCUT2D eigenvalue weighted by atomic mass is 10.1. The Morgan fingerprint density at radius 1 is 1.33 bits per heavy atom. The highest BCUT2D eigenvalue weighted by molar-refractivity contribution is 14.1. The topological polar surface area (TPSA) is 12.5 Å². The van der Waals surface area contributed by atoms with Gasteiger partial charge in [0.1, 0.15) is 0 Å². The molecule has 2 atom stereocenters. The van der Waals surface area contributed by atoms with Crippen LogP contribution in [-0.4, -0.2) is 12.2 Å². The maximum absolute atomic E-state index is 5.51. The van der Waals surface area contributed by atoms with Gasteiger partial charge in [-0.2, -0.15) is 0 Å². The zero-order valence-corrected chi connectivity index (χ0v) is 9.79. The highest BCUT2D eigenvalue weighted by Gasteiger charge is 2.36. The molecule has 0 aromatic carbocycles. The number of halogens is 1. The Labute approximate surface area is 88.7 Å². The summed E-state index contributed by atoms with van der Waals surface area (Å²) in [6, 6.07) is 0. The van der Waals surface area contributed by atoms with E-state index in [0.29, 0.717) is 12.2 Å². The molecule has 0 spiro atoms. The summed E-state index contributed by atoms with van der Waals surface area (Å²) in [6.07, 6.45) is 9.71. The molecule has 1 nitrogen and oxygen atoms in total. The van der Waals surface area contributed by atoms with Gasteiger partial charge in [-0.1, -0.05) is 54.9 Å². The second-order valence-corrected chi connectivity index (χ2v) is 4.03. The number of hydrogen-bond acceptors (Lipinski definition) is 1. The lowest BCUT2D eigenvalue weighted by molar-refractivity contribution is 0.359. The summed E-state index contributed by atoms with van der Waals surface area (Å²) < 4.78 is 7.58. The molecule has 0 amide bonds. The summed E-state index contributed by atoms with van der Waals surface area (Å²) >= 11 is 2.25. The van der Waals surface area contributed by atoms with Crippen molar-refractivity contribution in [3.63, 3.8) is 0 Å². The summed E-state index contributed by atoms with van der Waals surface area (Å²) in [6.45, 7) is 2.24. The van der Waals surface area contributed by atoms with E-state index in [1.807, 2.05) is 0 Å². The van der Waals surface area contributed by atoms with Crippen LogP contribution in [-0.2, 0) is 4.74 Å². The molecular weight excluding hydrogens is 263 g/mol. The van der Waals surface area contributed by atoms with Crippen molar-refractivity contribution in [2.24, 2.45) is 0 Å². The standard InChI is InChI=1S/C10H17IO/c1-2-3-4-6-9-10(12-9)7-5-8-11/h5,8-10H,2-4,6-7H2,1H3/b8-5-. The fraction of sp³-hybridized carbons (Fsp3) is 0.800. The fourth-order valence-electron chi connectivity index (χ4n) is 1.42. The zero-order valence-electron chi connectivity index (χ0n) is 7.63. The molecule has 1 aliphatic heterocycles. The molecule has 70 valence electrons. The van der Waals surface area contributed by atoms with Crippen LogP contribution in [0.4, 0.5) is 0 Å². The Bertz CT molecular complexity index is 145. The van der Waals surface area contributed by atoms with Crippen LogP contribution in [0.2, 0.25) is 0 Å². The van der Waals surface area contributed by atoms with Crippen LogP contribution < -0.4 is 0 Å². The average molecular weight is 280 g/mol. The zero-order chi connectivity index (χ0) is 8.81. The van der Waals surface area contributed by atoms with Crippen LogP contribution in [0, 0.1) is 0 Å². The third kappa shape index (κ3) is 3.90. The van der Waals surface area contributed by atoms with E-state index in [1.165, 1.54) is 25.7 Å². The third-order valence-electron chi connectivity index (χ3n) is 2.24. The monoisotopic (exact) mass is 280 g/mol. The first-order valence-electron chi connectivity index (χ1n) is 4.79. The molecule has 0 radical (unpaired) electrons. The molecule has 1 aliphatic rings. The largest absolute Gasteiger partial charge is 0.369 e. The molecule has 0 N–H and O–H groups in total. The van der Waals surface area contributed by atoms with Gasteiger partial charge in [-0.25, -0.2) is 0 Å². The smallest absolute Gasteiger partial charge is 0.0876 e. The van der Waals surface area contributed by atoms with Gasteiger partial charge in [0.25, 0.3) is 0 Å². The lowest BCUT2D eigenvalue weighted by Crippen LogP contribution is -1.92. The van der Waals surface area contributed by atoms with E-state index in [1.54, 1.807) is 0 Å². The molecule has 1 saturated heterocycles. The highest BCUT2D eigenvalue weighted by atomic mass is 127. The Hall–Kier alpha value is 0.430. The van der Waals surface area contributed by atoms with E-state index in [2.05, 4.69) is 39.7 Å². The normalized spacial score (nSPS) is 28.2. The van der Waals surface area contributed by atoms with Crippen LogP contribution in [0.25, 0.3) is 0 Å². The summed E-state index contributed by atoms with van der Waals surface area (Å²) in [5.74, 6) is 0. The molecule has 0 bridgehead atoms. The minimum absolute atomic E-state index is 0.549. The Kier molecular flexibility index (Phi) is 5.23. The number of epoxide rings is 1. The summed E-state index contributed by atoms with van der Waals surface area (Å²) in [7, 11) is 0. The molecule has 1 rings (SSSR count). The van der Waals surface area contributed by atoms with Crippen molar-refractivity contribution in [2.75, 3.05) is 0 Å². The molecule has 0 aromatic heterocycles. The van der Waals surface area contributed by atoms with E-state index >= 15 is 0 Å². The van der Waals surface area contributed by atoms with Crippen LogP contribution in [0.3, 0.4) is 0 Å². The quantitative estimate of drug-likeness (QED) is 0.411. The number of hydrogen-bond donors (Lipinski definition) is 0. The van der Waals surface area contributed by atoms with E-state index in [-0.39, 0.29) is 0 Å². The Morgan fingerprint density at radius 3 is 2.83 bits per heavy atom. The minimum atomic E-state index is 0.549. The minimum Gasteiger partial charge on any atom is -0.369 e. The fourth-order valence-corrected chi connectivity index (χ4v) is 1.72. The van der Waals surface area contributed by atoms with Crippen LogP contribution in [0.15, 0.2) is 10.2 Å². The van der Waals surface area contributed by atoms with Crippen molar-refractivity contribution in [2.45, 2.75) is 51.2 Å². The molecule has 0 saturated carbocycles. The van der Waals surface area contributed by atoms with Gasteiger partial charge in [-0.05, 0) is 16.9 Å². The highest BCUT2D eigenvalue weighted by Crippen LogP contribution is 2.30. The van der Waals surface area contributed by atoms with Crippen LogP contribution in [0.5, 0.6) is 0 Å². The van der Waals surface area contributed by atoms with Gasteiger partial charge >= 0.3 is 0 Å². The molecule has 1 fully saturated rings. The predicted octanol–water partition coefficient (Wildman–Crippen LogP) is 3.67. The van der Waals surface area contributed by atoms with Crippen molar-refractivity contribution in [3.05, 3.63) is 10.2 Å². The van der Waals surface area contributed by atoms with Gasteiger partial charge in [-0.3, -0.25) is 0 Å². The molecule has 0 aromatic rings. The van der Waals surface area contributed by atoms with Gasteiger partial charge in [0.2, 0.25) is 0 Å². The van der Waals surface area contributed by atoms with Gasteiger partial charge in [0, 0.05) is 0 Å². The first-order chi connectivity index (χ1) is 5.88. The summed E-state index contributed by atoms with van der Waals surface area (Å²) in [5.41, 5.74) is 0. The van der Waals surface area contributed by atoms with Gasteiger partial charge in [-0.15, -0.1) is 0 Å². The summed E-state index contributed by atoms with van der Waals surface area (Å²) in [4.78, 5) is 0. The molecule has 2 heteroatoms. The van der Waals surface area contributed by atoms with E-state index in [4.69, 9.17) is 4.74 Å². The molecular formula is C10H17IO. The van der Waals surface area contributed by atoms with Gasteiger partial charge in [0.15, 0.2) is 0 Å². The van der Waals surface area contributed by atoms with E-state index in [9.17, 15) is 0 Å². The summed E-state index contributed by atoms with van der Waals surface area (Å²) in [5, 5.41) is 0. The third-order valence-corrected chi connectivity index (χ3v) is 2.75. The number of ether oxygens (including phenoxy) is 1. The second kappa shape index (κ2) is 5.97. The first kappa shape index (κ1) is 10.5. The predicted molar refractivity (Wildman–Crippen MR) is 60.6 cm³/mol. The maximum atomic E-state index is 5.51. The van der Waals surface area contributed by atoms with Crippen molar-refractivity contribution in [1.29, 1.82) is 0 Å². The lowest BCUT2D eigenvalue weighted by Gasteiger charge is -1.92. The second-order valence-electron chi connectivity index (χ2n) is 3.31. The Balaban J connectivity index is 1.93. The van der Waals surface area contributed by atoms with Gasteiger partial charge in [0.05, 0.1) is 12.2 Å². The molecule has 0 aliphatic carbocycles. The average Bonchev–Trinajstić information content (AvgIpc) is 2.81. The molecule has 1 heterocycles. The molecule has 12 heavy (non-hydrogen) atoms.